The molecule has 0 atom stereocenters. The van der Waals surface area contributed by atoms with E-state index in [0.29, 0.717) is 17.7 Å². The van der Waals surface area contributed by atoms with Crippen molar-refractivity contribution in [1.29, 1.82) is 0 Å². The largest absolute Gasteiger partial charge is 0.508 e. The van der Waals surface area contributed by atoms with Crippen molar-refractivity contribution in [2.75, 3.05) is 26.2 Å². The van der Waals surface area contributed by atoms with Crippen LogP contribution in [0.1, 0.15) is 35.2 Å². The molecule has 11 heteroatoms. The molecule has 6 N–H and O–H groups in total. The van der Waals surface area contributed by atoms with E-state index in [1.54, 1.807) is 42.5 Å². The molecule has 0 aliphatic carbocycles. The van der Waals surface area contributed by atoms with E-state index >= 15 is 0 Å². The summed E-state index contributed by atoms with van der Waals surface area (Å²) in [5, 5.41) is 35.2. The zero-order valence-electron chi connectivity index (χ0n) is 22.1. The number of fused-ring (bicyclic) bond motifs is 1. The van der Waals surface area contributed by atoms with Gasteiger partial charge in [-0.1, -0.05) is 6.42 Å². The van der Waals surface area contributed by atoms with Gasteiger partial charge in [-0.2, -0.15) is 0 Å². The predicted molar refractivity (Wildman–Crippen MR) is 155 cm³/mol. The number of ketones is 1. The van der Waals surface area contributed by atoms with Crippen LogP contribution in [-0.2, 0) is 9.59 Å². The molecule has 1 aliphatic rings. The predicted octanol–water partition coefficient (Wildman–Crippen LogP) is 4.41. The van der Waals surface area contributed by atoms with E-state index in [-0.39, 0.29) is 22.8 Å². The second-order valence-electron chi connectivity index (χ2n) is 9.25. The second kappa shape index (κ2) is 14.3. The maximum atomic E-state index is 13.6. The molecule has 0 unspecified atom stereocenters. The Morgan fingerprint density at radius 2 is 1.41 bits per heavy atom. The molecular formula is C30H31NO9S. The minimum absolute atomic E-state index is 0. The van der Waals surface area contributed by atoms with Gasteiger partial charge < -0.3 is 30.6 Å². The van der Waals surface area contributed by atoms with Crippen molar-refractivity contribution in [3.05, 3.63) is 77.9 Å². The van der Waals surface area contributed by atoms with Crippen molar-refractivity contribution in [3.8, 4) is 27.7 Å². The summed E-state index contributed by atoms with van der Waals surface area (Å²) >= 11 is 1.46. The van der Waals surface area contributed by atoms with Crippen molar-refractivity contribution < 1.29 is 45.0 Å². The summed E-state index contributed by atoms with van der Waals surface area (Å²) in [6.45, 7) is 3.85. The third kappa shape index (κ3) is 8.04. The summed E-state index contributed by atoms with van der Waals surface area (Å²) in [6, 6.07) is 19.2. The molecule has 1 fully saturated rings. The van der Waals surface area contributed by atoms with Gasteiger partial charge in [0, 0.05) is 32.6 Å². The van der Waals surface area contributed by atoms with Crippen molar-refractivity contribution in [3.63, 3.8) is 0 Å². The average molecular weight is 582 g/mol. The second-order valence-corrected chi connectivity index (χ2v) is 10.3. The fourth-order valence-electron chi connectivity index (χ4n) is 4.45. The molecule has 0 saturated carbocycles. The first kappa shape index (κ1) is 31.1. The van der Waals surface area contributed by atoms with Crippen LogP contribution in [0.5, 0.6) is 17.2 Å². The Hall–Kier alpha value is -4.45. The molecule has 41 heavy (non-hydrogen) atoms. The number of benzene rings is 3. The Bertz CT molecular complexity index is 1480. The van der Waals surface area contributed by atoms with Gasteiger partial charge in [0.05, 0.1) is 0 Å². The molecule has 0 amide bonds. The van der Waals surface area contributed by atoms with E-state index in [1.165, 1.54) is 30.6 Å². The Morgan fingerprint density at radius 3 is 2.02 bits per heavy atom. The van der Waals surface area contributed by atoms with E-state index in [0.717, 1.165) is 45.9 Å². The molecular weight excluding hydrogens is 550 g/mol. The summed E-state index contributed by atoms with van der Waals surface area (Å²) < 4.78 is 6.76. The first-order valence-corrected chi connectivity index (χ1v) is 13.6. The summed E-state index contributed by atoms with van der Waals surface area (Å²) in [6.07, 6.45) is 3.85. The van der Waals surface area contributed by atoms with Gasteiger partial charge in [0.1, 0.15) is 23.9 Å². The van der Waals surface area contributed by atoms with Crippen molar-refractivity contribution in [1.82, 2.24) is 4.90 Å². The molecule has 1 aliphatic heterocycles. The lowest BCUT2D eigenvalue weighted by molar-refractivity contribution is -0.159. The number of aliphatic carboxylic acids is 2. The number of phenols is 2. The van der Waals surface area contributed by atoms with E-state index in [1.807, 2.05) is 24.3 Å². The zero-order valence-corrected chi connectivity index (χ0v) is 22.9. The molecule has 10 nitrogen and oxygen atoms in total. The number of likely N-dealkylation sites (tertiary alicyclic amines) is 1. The smallest absolute Gasteiger partial charge is 0.414 e. The lowest BCUT2D eigenvalue weighted by Gasteiger charge is -2.26. The molecule has 0 spiro atoms. The fourth-order valence-corrected chi connectivity index (χ4v) is 5.69. The van der Waals surface area contributed by atoms with Gasteiger partial charge in [0.2, 0.25) is 0 Å². The number of hydrogen-bond acceptors (Lipinski definition) is 8. The summed E-state index contributed by atoms with van der Waals surface area (Å²) in [5.41, 5.74) is 2.03. The quantitative estimate of drug-likeness (QED) is 0.182. The van der Waals surface area contributed by atoms with Crippen LogP contribution in [0.3, 0.4) is 0 Å². The Morgan fingerprint density at radius 1 is 0.805 bits per heavy atom. The summed E-state index contributed by atoms with van der Waals surface area (Å²) in [7, 11) is 0. The SMILES string of the molecule is O.O=C(O)C(=O)O.O=C(c1ccc(OCCN2CCCCC2)cc1)c1c(-c2ccc(O)cc2)sc2cc(O)ccc12. The molecule has 0 radical (unpaired) electrons. The van der Waals surface area contributed by atoms with Gasteiger partial charge in [-0.15, -0.1) is 11.3 Å². The highest BCUT2D eigenvalue weighted by molar-refractivity contribution is 7.22. The van der Waals surface area contributed by atoms with E-state index < -0.39 is 11.9 Å². The van der Waals surface area contributed by atoms with Crippen LogP contribution < -0.4 is 4.74 Å². The number of phenolic OH excluding ortho intramolecular Hbond substituents is 2. The fraction of sp³-hybridized carbons (Fsp3) is 0.233. The standard InChI is InChI=1S/C28H27NO4S.C2H2O4.H2O/c30-21-8-4-20(5-9-21)28-26(24-13-10-22(31)18-25(24)34-28)27(32)19-6-11-23(12-7-19)33-17-16-29-14-2-1-3-15-29;3-1(4)2(5)6;/h4-13,18,30-31H,1-3,14-17H2;(H,3,4)(H,5,6);1H2. The first-order chi connectivity index (χ1) is 19.2. The number of hydrogen-bond donors (Lipinski definition) is 4. The molecule has 2 heterocycles. The number of carbonyl (C=O) groups excluding carboxylic acids is 1. The zero-order chi connectivity index (χ0) is 28.6. The molecule has 5 rings (SSSR count). The van der Waals surface area contributed by atoms with Crippen LogP contribution in [-0.4, -0.2) is 74.8 Å². The lowest BCUT2D eigenvalue weighted by atomic mass is 9.97. The summed E-state index contributed by atoms with van der Waals surface area (Å²) in [4.78, 5) is 35.1. The van der Waals surface area contributed by atoms with Gasteiger partial charge >= 0.3 is 11.9 Å². The van der Waals surface area contributed by atoms with Crippen molar-refractivity contribution in [2.45, 2.75) is 19.3 Å². The molecule has 1 aromatic heterocycles. The maximum absolute atomic E-state index is 13.6. The first-order valence-electron chi connectivity index (χ1n) is 12.7. The van der Waals surface area contributed by atoms with Crippen LogP contribution in [0.2, 0.25) is 0 Å². The highest BCUT2D eigenvalue weighted by atomic mass is 32.1. The molecule has 3 aromatic carbocycles. The van der Waals surface area contributed by atoms with Crippen LogP contribution in [0.25, 0.3) is 20.5 Å². The third-order valence-electron chi connectivity index (χ3n) is 6.45. The minimum atomic E-state index is -1.82. The number of rotatable bonds is 7. The Kier molecular flexibility index (Phi) is 10.8. The van der Waals surface area contributed by atoms with Crippen LogP contribution in [0.15, 0.2) is 66.7 Å². The van der Waals surface area contributed by atoms with E-state index in [4.69, 9.17) is 24.5 Å². The number of thiophene rings is 1. The minimum Gasteiger partial charge on any atom is -0.508 e. The highest BCUT2D eigenvalue weighted by Gasteiger charge is 2.22. The van der Waals surface area contributed by atoms with Gasteiger partial charge in [0.25, 0.3) is 0 Å². The highest BCUT2D eigenvalue weighted by Crippen LogP contribution is 2.41. The third-order valence-corrected chi connectivity index (χ3v) is 7.66. The Labute approximate surface area is 240 Å². The summed E-state index contributed by atoms with van der Waals surface area (Å²) in [5.74, 6) is -2.64. The molecule has 4 aromatic rings. The number of ether oxygens (including phenoxy) is 1. The molecule has 0 bridgehead atoms. The van der Waals surface area contributed by atoms with Gasteiger partial charge in [0.15, 0.2) is 5.78 Å². The number of aromatic hydroxyl groups is 2. The molecule has 216 valence electrons. The monoisotopic (exact) mass is 581 g/mol. The van der Waals surface area contributed by atoms with Crippen molar-refractivity contribution >= 4 is 39.1 Å². The number of nitrogens with zero attached hydrogens (tertiary/aromatic N) is 1. The number of carboxylic acids is 2. The van der Waals surface area contributed by atoms with Gasteiger partial charge in [-0.3, -0.25) is 9.69 Å². The topological polar surface area (TPSA) is 176 Å². The Balaban J connectivity index is 0.000000599. The van der Waals surface area contributed by atoms with Crippen LogP contribution >= 0.6 is 11.3 Å². The maximum Gasteiger partial charge on any atom is 0.414 e. The average Bonchev–Trinajstić information content (AvgIpc) is 3.33. The normalized spacial score (nSPS) is 13.0. The number of carbonyl (C=O) groups is 3. The number of piperidine rings is 1. The molecule has 1 saturated heterocycles. The van der Waals surface area contributed by atoms with Crippen LogP contribution in [0.4, 0.5) is 0 Å². The van der Waals surface area contributed by atoms with E-state index in [9.17, 15) is 15.0 Å². The lowest BCUT2D eigenvalue weighted by Crippen LogP contribution is -2.33. The van der Waals surface area contributed by atoms with Crippen LogP contribution in [0, 0.1) is 0 Å². The van der Waals surface area contributed by atoms with Gasteiger partial charge in [-0.25, -0.2) is 9.59 Å². The number of carboxylic acid groups (broad SMARTS) is 2. The van der Waals surface area contributed by atoms with Crippen molar-refractivity contribution in [2.24, 2.45) is 0 Å². The van der Waals surface area contributed by atoms with E-state index in [2.05, 4.69) is 4.90 Å². The van der Waals surface area contributed by atoms with Gasteiger partial charge in [-0.05, 0) is 98.2 Å².